The fourth-order valence-corrected chi connectivity index (χ4v) is 2.95. The number of rotatable bonds is 3. The van der Waals surface area contributed by atoms with Crippen molar-refractivity contribution in [2.45, 2.75) is 18.4 Å². The molecule has 1 unspecified atom stereocenters. The molecule has 112 valence electrons. The molecule has 6 nitrogen and oxygen atoms in total. The molecule has 0 radical (unpaired) electrons. The predicted molar refractivity (Wildman–Crippen MR) is 80.0 cm³/mol. The van der Waals surface area contributed by atoms with Crippen LogP contribution >= 0.6 is 15.9 Å². The van der Waals surface area contributed by atoms with Gasteiger partial charge in [-0.1, -0.05) is 5.16 Å². The largest absolute Gasteiger partial charge is 0.496 e. The van der Waals surface area contributed by atoms with Gasteiger partial charge in [0.15, 0.2) is 5.60 Å². The number of nitrogens with zero attached hydrogens (tertiary/aromatic N) is 2. The van der Waals surface area contributed by atoms with E-state index in [1.54, 1.807) is 7.11 Å². The Kier molecular flexibility index (Phi) is 3.97. The van der Waals surface area contributed by atoms with Crippen molar-refractivity contribution in [2.24, 2.45) is 0 Å². The summed E-state index contributed by atoms with van der Waals surface area (Å²) in [6.45, 7) is 1.33. The summed E-state index contributed by atoms with van der Waals surface area (Å²) < 4.78 is 11.3. The second-order valence-corrected chi connectivity index (χ2v) is 5.94. The third-order valence-electron chi connectivity index (χ3n) is 3.60. The van der Waals surface area contributed by atoms with Crippen LogP contribution in [0.25, 0.3) is 11.4 Å². The highest BCUT2D eigenvalue weighted by Gasteiger charge is 2.37. The Balaban J connectivity index is 1.89. The summed E-state index contributed by atoms with van der Waals surface area (Å²) in [5.41, 5.74) is -0.280. The van der Waals surface area contributed by atoms with E-state index >= 15 is 0 Å². The van der Waals surface area contributed by atoms with Gasteiger partial charge in [0.25, 0.3) is 5.89 Å². The molecular weight excluding hydrogens is 338 g/mol. The predicted octanol–water partition coefficient (Wildman–Crippen LogP) is 2.08. The summed E-state index contributed by atoms with van der Waals surface area (Å²) in [6.07, 6.45) is 1.50. The number of methoxy groups -OCH3 is 1. The number of benzene rings is 1. The van der Waals surface area contributed by atoms with Gasteiger partial charge in [-0.15, -0.1) is 0 Å². The quantitative estimate of drug-likeness (QED) is 0.879. The van der Waals surface area contributed by atoms with Crippen molar-refractivity contribution in [1.82, 2.24) is 15.5 Å². The molecule has 0 bridgehead atoms. The monoisotopic (exact) mass is 353 g/mol. The topological polar surface area (TPSA) is 80.4 Å². The van der Waals surface area contributed by atoms with Gasteiger partial charge >= 0.3 is 0 Å². The van der Waals surface area contributed by atoms with Gasteiger partial charge < -0.3 is 19.7 Å². The first-order valence-corrected chi connectivity index (χ1v) is 7.53. The first kappa shape index (κ1) is 14.5. The minimum absolute atomic E-state index is 0.261. The molecule has 0 aliphatic carbocycles. The van der Waals surface area contributed by atoms with E-state index < -0.39 is 5.60 Å². The molecule has 7 heteroatoms. The molecule has 1 aliphatic heterocycles. The smallest absolute Gasteiger partial charge is 0.260 e. The maximum atomic E-state index is 10.6. The van der Waals surface area contributed by atoms with Crippen LogP contribution in [0, 0.1) is 0 Å². The Morgan fingerprint density at radius 2 is 2.33 bits per heavy atom. The minimum atomic E-state index is -1.08. The van der Waals surface area contributed by atoms with Gasteiger partial charge in [0.2, 0.25) is 5.82 Å². The molecule has 1 atom stereocenters. The zero-order valence-corrected chi connectivity index (χ0v) is 13.2. The highest BCUT2D eigenvalue weighted by molar-refractivity contribution is 9.10. The lowest BCUT2D eigenvalue weighted by Crippen LogP contribution is -2.43. The van der Waals surface area contributed by atoms with Gasteiger partial charge in [0.1, 0.15) is 5.75 Å². The van der Waals surface area contributed by atoms with Crippen molar-refractivity contribution in [3.63, 3.8) is 0 Å². The number of ether oxygens (including phenoxy) is 1. The van der Waals surface area contributed by atoms with E-state index in [2.05, 4.69) is 31.4 Å². The van der Waals surface area contributed by atoms with Crippen LogP contribution in [0.1, 0.15) is 18.7 Å². The Bertz CT molecular complexity index is 638. The molecule has 0 spiro atoms. The lowest BCUT2D eigenvalue weighted by atomic mass is 9.94. The summed E-state index contributed by atoms with van der Waals surface area (Å²) in [6, 6.07) is 5.53. The lowest BCUT2D eigenvalue weighted by molar-refractivity contribution is -0.0167. The van der Waals surface area contributed by atoms with Crippen LogP contribution in [0.4, 0.5) is 0 Å². The van der Waals surface area contributed by atoms with Crippen molar-refractivity contribution in [1.29, 1.82) is 0 Å². The number of hydrogen-bond acceptors (Lipinski definition) is 6. The molecule has 2 aromatic rings. The fourth-order valence-electron chi connectivity index (χ4n) is 2.41. The molecule has 21 heavy (non-hydrogen) atoms. The van der Waals surface area contributed by atoms with Crippen LogP contribution in [-0.2, 0) is 5.60 Å². The normalized spacial score (nSPS) is 22.2. The highest BCUT2D eigenvalue weighted by atomic mass is 79.9. The SMILES string of the molecule is COc1ccc(-c2noc(C3(O)CCCNC3)n2)cc1Br. The molecular formula is C14H16BrN3O3. The Morgan fingerprint density at radius 1 is 1.48 bits per heavy atom. The van der Waals surface area contributed by atoms with E-state index in [0.717, 1.165) is 28.8 Å². The average molecular weight is 354 g/mol. The maximum Gasteiger partial charge on any atom is 0.260 e. The number of halogens is 1. The van der Waals surface area contributed by atoms with Crippen LogP contribution < -0.4 is 10.1 Å². The molecule has 1 aromatic heterocycles. The third-order valence-corrected chi connectivity index (χ3v) is 4.22. The van der Waals surface area contributed by atoms with E-state index in [-0.39, 0.29) is 5.89 Å². The first-order chi connectivity index (χ1) is 10.1. The second kappa shape index (κ2) is 5.75. The van der Waals surface area contributed by atoms with E-state index in [1.165, 1.54) is 0 Å². The number of aliphatic hydroxyl groups is 1. The van der Waals surface area contributed by atoms with Gasteiger partial charge in [0, 0.05) is 12.1 Å². The number of aromatic nitrogens is 2. The zero-order chi connectivity index (χ0) is 14.9. The number of hydrogen-bond donors (Lipinski definition) is 2. The molecule has 1 aromatic carbocycles. The molecule has 1 saturated heterocycles. The lowest BCUT2D eigenvalue weighted by Gasteiger charge is -2.28. The van der Waals surface area contributed by atoms with E-state index in [1.807, 2.05) is 18.2 Å². The summed E-state index contributed by atoms with van der Waals surface area (Å²) in [5, 5.41) is 17.7. The van der Waals surface area contributed by atoms with E-state index in [9.17, 15) is 5.11 Å². The van der Waals surface area contributed by atoms with Crippen molar-refractivity contribution >= 4 is 15.9 Å². The van der Waals surface area contributed by atoms with Crippen LogP contribution in [-0.4, -0.2) is 35.4 Å². The molecule has 0 saturated carbocycles. The van der Waals surface area contributed by atoms with Crippen molar-refractivity contribution in [3.05, 3.63) is 28.6 Å². The zero-order valence-electron chi connectivity index (χ0n) is 11.6. The first-order valence-electron chi connectivity index (χ1n) is 6.73. The van der Waals surface area contributed by atoms with Crippen molar-refractivity contribution in [2.75, 3.05) is 20.2 Å². The highest BCUT2D eigenvalue weighted by Crippen LogP contribution is 2.32. The summed E-state index contributed by atoms with van der Waals surface area (Å²) in [4.78, 5) is 4.34. The van der Waals surface area contributed by atoms with E-state index in [0.29, 0.717) is 18.8 Å². The van der Waals surface area contributed by atoms with Gasteiger partial charge in [-0.25, -0.2) is 0 Å². The summed E-state index contributed by atoms with van der Waals surface area (Å²) in [5.74, 6) is 1.45. The molecule has 1 aliphatic rings. The Labute approximate surface area is 130 Å². The Morgan fingerprint density at radius 3 is 3.00 bits per heavy atom. The van der Waals surface area contributed by atoms with Crippen molar-refractivity contribution in [3.8, 4) is 17.1 Å². The molecule has 3 rings (SSSR count). The number of β-amino-alcohol motifs (C(OH)–C–C–N with tert-alkyl or cyclic N) is 1. The Hall–Kier alpha value is -1.44. The fraction of sp³-hybridized carbons (Fsp3) is 0.429. The van der Waals surface area contributed by atoms with Crippen LogP contribution in [0.15, 0.2) is 27.2 Å². The van der Waals surface area contributed by atoms with Crippen molar-refractivity contribution < 1.29 is 14.4 Å². The van der Waals surface area contributed by atoms with Crippen LogP contribution in [0.2, 0.25) is 0 Å². The van der Waals surface area contributed by atoms with Crippen LogP contribution in [0.5, 0.6) is 5.75 Å². The molecule has 1 fully saturated rings. The van der Waals surface area contributed by atoms with Gasteiger partial charge in [-0.05, 0) is 53.5 Å². The number of piperidine rings is 1. The van der Waals surface area contributed by atoms with E-state index in [4.69, 9.17) is 9.26 Å². The standard InChI is InChI=1S/C14H16BrN3O3/c1-20-11-4-3-9(7-10(11)15)12-17-13(21-18-12)14(19)5-2-6-16-8-14/h3-4,7,16,19H,2,5-6,8H2,1H3. The molecule has 2 N–H and O–H groups in total. The molecule has 2 heterocycles. The summed E-state index contributed by atoms with van der Waals surface area (Å²) in [7, 11) is 1.61. The number of nitrogens with one attached hydrogen (secondary N) is 1. The summed E-state index contributed by atoms with van der Waals surface area (Å²) >= 11 is 3.43. The third kappa shape index (κ3) is 2.81. The average Bonchev–Trinajstić information content (AvgIpc) is 2.98. The van der Waals surface area contributed by atoms with Gasteiger partial charge in [0.05, 0.1) is 11.6 Å². The minimum Gasteiger partial charge on any atom is -0.496 e. The van der Waals surface area contributed by atoms with Crippen LogP contribution in [0.3, 0.4) is 0 Å². The van der Waals surface area contributed by atoms with Gasteiger partial charge in [-0.3, -0.25) is 0 Å². The molecule has 0 amide bonds. The maximum absolute atomic E-state index is 10.6. The van der Waals surface area contributed by atoms with Gasteiger partial charge in [-0.2, -0.15) is 4.98 Å². The second-order valence-electron chi connectivity index (χ2n) is 5.08.